The predicted molar refractivity (Wildman–Crippen MR) is 102 cm³/mol. The lowest BCUT2D eigenvalue weighted by Crippen LogP contribution is -2.46. The second-order valence-electron chi connectivity index (χ2n) is 6.40. The smallest absolute Gasteiger partial charge is 0.317 e. The summed E-state index contributed by atoms with van der Waals surface area (Å²) in [6, 6.07) is 8.84. The fourth-order valence-corrected chi connectivity index (χ4v) is 3.14. The number of ether oxygens (including phenoxy) is 1. The Kier molecular flexibility index (Phi) is 5.95. The zero-order valence-electron chi connectivity index (χ0n) is 15.7. The number of methoxy groups -OCH3 is 1. The molecule has 1 N–H and O–H groups in total. The fourth-order valence-electron chi connectivity index (χ4n) is 3.14. The van der Waals surface area contributed by atoms with Crippen molar-refractivity contribution in [3.05, 3.63) is 42.7 Å². The molecule has 1 atom stereocenters. The number of hydrogen-bond acceptors (Lipinski definition) is 4. The summed E-state index contributed by atoms with van der Waals surface area (Å²) >= 11 is 0. The van der Waals surface area contributed by atoms with Crippen LogP contribution in [0.25, 0.3) is 0 Å². The van der Waals surface area contributed by atoms with Crippen molar-refractivity contribution < 1.29 is 14.3 Å². The molecule has 2 heterocycles. The van der Waals surface area contributed by atoms with E-state index in [2.05, 4.69) is 10.4 Å². The van der Waals surface area contributed by atoms with Crippen LogP contribution in [-0.4, -0.2) is 59.4 Å². The lowest BCUT2D eigenvalue weighted by atomic mass is 10.2. The predicted octanol–water partition coefficient (Wildman–Crippen LogP) is 1.73. The normalized spacial score (nSPS) is 16.4. The van der Waals surface area contributed by atoms with Gasteiger partial charge >= 0.3 is 6.03 Å². The molecule has 2 aromatic rings. The summed E-state index contributed by atoms with van der Waals surface area (Å²) in [5.41, 5.74) is 0.809. The zero-order valence-corrected chi connectivity index (χ0v) is 15.7. The molecule has 1 saturated heterocycles. The third-order valence-electron chi connectivity index (χ3n) is 4.66. The standard InChI is InChI=1S/C19H25N5O3/c1-3-22(11-12-23-10-4-9-20-23)19(26)21-15-13-18(25)24(14-15)16-5-7-17(27-2)8-6-16/h4-10,15H,3,11-14H2,1-2H3,(H,21,26)/t15-/m0/s1. The van der Waals surface area contributed by atoms with Crippen LogP contribution in [0.4, 0.5) is 10.5 Å². The number of nitrogens with one attached hydrogen (secondary N) is 1. The number of likely N-dealkylation sites (N-methyl/N-ethyl adjacent to an activating group) is 1. The number of amides is 3. The third-order valence-corrected chi connectivity index (χ3v) is 4.66. The van der Waals surface area contributed by atoms with Gasteiger partial charge in [-0.05, 0) is 37.3 Å². The van der Waals surface area contributed by atoms with Crippen LogP contribution in [0.15, 0.2) is 42.7 Å². The molecule has 0 unspecified atom stereocenters. The van der Waals surface area contributed by atoms with Crippen LogP contribution in [-0.2, 0) is 11.3 Å². The van der Waals surface area contributed by atoms with E-state index in [1.165, 1.54) is 0 Å². The minimum Gasteiger partial charge on any atom is -0.497 e. The first-order chi connectivity index (χ1) is 13.1. The summed E-state index contributed by atoms with van der Waals surface area (Å²) in [7, 11) is 1.60. The Bertz CT molecular complexity index is 760. The summed E-state index contributed by atoms with van der Waals surface area (Å²) in [4.78, 5) is 28.3. The SMILES string of the molecule is CCN(CCn1cccn1)C(=O)N[C@H]1CC(=O)N(c2ccc(OC)cc2)C1. The Balaban J connectivity index is 1.55. The van der Waals surface area contributed by atoms with E-state index in [4.69, 9.17) is 4.74 Å². The van der Waals surface area contributed by atoms with Crippen molar-refractivity contribution in [2.24, 2.45) is 0 Å². The molecule has 0 bridgehead atoms. The highest BCUT2D eigenvalue weighted by molar-refractivity contribution is 5.96. The maximum Gasteiger partial charge on any atom is 0.317 e. The Morgan fingerprint density at radius 3 is 2.78 bits per heavy atom. The molecule has 0 radical (unpaired) electrons. The number of carbonyl (C=O) groups is 2. The highest BCUT2D eigenvalue weighted by Gasteiger charge is 2.32. The monoisotopic (exact) mass is 371 g/mol. The van der Waals surface area contributed by atoms with E-state index in [9.17, 15) is 9.59 Å². The maximum absolute atomic E-state index is 12.6. The van der Waals surface area contributed by atoms with Crippen molar-refractivity contribution in [2.45, 2.75) is 25.9 Å². The van der Waals surface area contributed by atoms with Gasteiger partial charge in [-0.1, -0.05) is 0 Å². The molecule has 1 aliphatic heterocycles. The highest BCUT2D eigenvalue weighted by Crippen LogP contribution is 2.24. The third kappa shape index (κ3) is 4.58. The number of urea groups is 1. The summed E-state index contributed by atoms with van der Waals surface area (Å²) in [6.07, 6.45) is 3.89. The number of nitrogens with zero attached hydrogens (tertiary/aromatic N) is 4. The van der Waals surface area contributed by atoms with Crippen LogP contribution in [0.3, 0.4) is 0 Å². The number of anilines is 1. The summed E-state index contributed by atoms with van der Waals surface area (Å²) in [6.45, 7) is 4.19. The van der Waals surface area contributed by atoms with E-state index in [1.54, 1.807) is 27.8 Å². The van der Waals surface area contributed by atoms with Gasteiger partial charge in [0.2, 0.25) is 5.91 Å². The van der Waals surface area contributed by atoms with E-state index in [1.807, 2.05) is 43.5 Å². The van der Waals surface area contributed by atoms with Gasteiger partial charge in [0.25, 0.3) is 0 Å². The molecule has 1 aliphatic rings. The Morgan fingerprint density at radius 1 is 1.37 bits per heavy atom. The van der Waals surface area contributed by atoms with Gasteiger partial charge < -0.3 is 19.9 Å². The van der Waals surface area contributed by atoms with Crippen molar-refractivity contribution in [1.82, 2.24) is 20.0 Å². The minimum absolute atomic E-state index is 0.00468. The first-order valence-corrected chi connectivity index (χ1v) is 9.08. The molecule has 3 rings (SSSR count). The average Bonchev–Trinajstić information content (AvgIpc) is 3.32. The van der Waals surface area contributed by atoms with Gasteiger partial charge in [-0.3, -0.25) is 9.48 Å². The van der Waals surface area contributed by atoms with Crippen LogP contribution < -0.4 is 15.0 Å². The van der Waals surface area contributed by atoms with Crippen molar-refractivity contribution in [3.63, 3.8) is 0 Å². The van der Waals surface area contributed by atoms with Gasteiger partial charge in [0, 0.05) is 44.1 Å². The Labute approximate surface area is 158 Å². The molecule has 1 aromatic heterocycles. The molecular formula is C19H25N5O3. The fraction of sp³-hybridized carbons (Fsp3) is 0.421. The molecular weight excluding hydrogens is 346 g/mol. The molecule has 27 heavy (non-hydrogen) atoms. The van der Waals surface area contributed by atoms with Crippen LogP contribution in [0.5, 0.6) is 5.75 Å². The summed E-state index contributed by atoms with van der Waals surface area (Å²) in [5.74, 6) is 0.746. The van der Waals surface area contributed by atoms with E-state index in [0.29, 0.717) is 32.6 Å². The van der Waals surface area contributed by atoms with Crippen LogP contribution >= 0.6 is 0 Å². The van der Waals surface area contributed by atoms with Gasteiger partial charge in [-0.15, -0.1) is 0 Å². The number of benzene rings is 1. The van der Waals surface area contributed by atoms with Gasteiger partial charge in [0.15, 0.2) is 0 Å². The summed E-state index contributed by atoms with van der Waals surface area (Å²) < 4.78 is 6.94. The molecule has 0 aliphatic carbocycles. The van der Waals surface area contributed by atoms with E-state index >= 15 is 0 Å². The average molecular weight is 371 g/mol. The largest absolute Gasteiger partial charge is 0.497 e. The molecule has 144 valence electrons. The van der Waals surface area contributed by atoms with Crippen LogP contribution in [0.2, 0.25) is 0 Å². The second-order valence-corrected chi connectivity index (χ2v) is 6.40. The lowest BCUT2D eigenvalue weighted by Gasteiger charge is -2.24. The molecule has 8 nitrogen and oxygen atoms in total. The van der Waals surface area contributed by atoms with Crippen molar-refractivity contribution >= 4 is 17.6 Å². The molecule has 0 saturated carbocycles. The maximum atomic E-state index is 12.6. The van der Waals surface area contributed by atoms with Crippen molar-refractivity contribution in [3.8, 4) is 5.75 Å². The van der Waals surface area contributed by atoms with Crippen LogP contribution in [0.1, 0.15) is 13.3 Å². The number of rotatable bonds is 7. The Hall–Kier alpha value is -3.03. The van der Waals surface area contributed by atoms with Crippen molar-refractivity contribution in [1.29, 1.82) is 0 Å². The van der Waals surface area contributed by atoms with E-state index < -0.39 is 0 Å². The minimum atomic E-state index is -0.203. The van der Waals surface area contributed by atoms with Crippen molar-refractivity contribution in [2.75, 3.05) is 31.6 Å². The summed E-state index contributed by atoms with van der Waals surface area (Å²) in [5, 5.41) is 7.13. The molecule has 3 amide bonds. The molecule has 1 fully saturated rings. The number of aromatic nitrogens is 2. The van der Waals surface area contributed by atoms with Gasteiger partial charge in [0.05, 0.1) is 19.7 Å². The van der Waals surface area contributed by atoms with Gasteiger partial charge in [0.1, 0.15) is 5.75 Å². The highest BCUT2D eigenvalue weighted by atomic mass is 16.5. The van der Waals surface area contributed by atoms with Gasteiger partial charge in [-0.2, -0.15) is 5.10 Å². The molecule has 1 aromatic carbocycles. The second kappa shape index (κ2) is 8.57. The van der Waals surface area contributed by atoms with Crippen LogP contribution in [0, 0.1) is 0 Å². The number of carbonyl (C=O) groups excluding carboxylic acids is 2. The Morgan fingerprint density at radius 2 is 2.15 bits per heavy atom. The zero-order chi connectivity index (χ0) is 19.2. The van der Waals surface area contributed by atoms with E-state index in [0.717, 1.165) is 11.4 Å². The van der Waals surface area contributed by atoms with Gasteiger partial charge in [-0.25, -0.2) is 4.79 Å². The first kappa shape index (κ1) is 18.8. The van der Waals surface area contributed by atoms with E-state index in [-0.39, 0.29) is 18.0 Å². The quantitative estimate of drug-likeness (QED) is 0.804. The first-order valence-electron chi connectivity index (χ1n) is 9.08. The molecule has 0 spiro atoms. The molecule has 8 heteroatoms. The lowest BCUT2D eigenvalue weighted by molar-refractivity contribution is -0.117. The number of hydrogen-bond donors (Lipinski definition) is 1. The topological polar surface area (TPSA) is 79.7 Å².